The Hall–Kier alpha value is -2.88. The predicted molar refractivity (Wildman–Crippen MR) is 116 cm³/mol. The first kappa shape index (κ1) is 19.9. The van der Waals surface area contributed by atoms with Crippen molar-refractivity contribution in [3.63, 3.8) is 0 Å². The number of nitrogens with zero attached hydrogens (tertiary/aromatic N) is 1. The van der Waals surface area contributed by atoms with Gasteiger partial charge in [0.2, 0.25) is 0 Å². The van der Waals surface area contributed by atoms with E-state index in [0.29, 0.717) is 13.2 Å². The van der Waals surface area contributed by atoms with Gasteiger partial charge in [-0.15, -0.1) is 0 Å². The second-order valence-electron chi connectivity index (χ2n) is 6.65. The summed E-state index contributed by atoms with van der Waals surface area (Å²) in [5, 5.41) is 9.33. The molecule has 3 rings (SSSR count). The Balaban J connectivity index is 1.52. The molecule has 0 fully saturated rings. The Bertz CT molecular complexity index is 847. The fraction of sp³-hybridized carbons (Fsp3) is 0.200. The van der Waals surface area contributed by atoms with Gasteiger partial charge in [0.15, 0.2) is 0 Å². The largest absolute Gasteiger partial charge is 0.492 e. The Labute approximate surface area is 167 Å². The molecule has 3 aromatic carbocycles. The van der Waals surface area contributed by atoms with Crippen LogP contribution in [-0.2, 0) is 6.54 Å². The van der Waals surface area contributed by atoms with Gasteiger partial charge in [0.1, 0.15) is 12.4 Å². The normalized spacial score (nSPS) is 11.2. The summed E-state index contributed by atoms with van der Waals surface area (Å²) in [6.45, 7) is 2.94. The van der Waals surface area contributed by atoms with Crippen molar-refractivity contribution in [3.05, 3.63) is 102 Å². The van der Waals surface area contributed by atoms with Crippen molar-refractivity contribution in [2.45, 2.75) is 6.54 Å². The van der Waals surface area contributed by atoms with Gasteiger partial charge in [-0.05, 0) is 28.8 Å². The van der Waals surface area contributed by atoms with Gasteiger partial charge in [-0.25, -0.2) is 0 Å². The van der Waals surface area contributed by atoms with E-state index in [0.717, 1.165) is 24.4 Å². The highest BCUT2D eigenvalue weighted by Gasteiger charge is 2.06. The van der Waals surface area contributed by atoms with E-state index in [-0.39, 0.29) is 6.61 Å². The van der Waals surface area contributed by atoms with Gasteiger partial charge in [0.25, 0.3) is 0 Å². The van der Waals surface area contributed by atoms with Crippen molar-refractivity contribution in [2.75, 3.05) is 26.3 Å². The lowest BCUT2D eigenvalue weighted by Crippen LogP contribution is -2.30. The maximum atomic E-state index is 9.33. The lowest BCUT2D eigenvalue weighted by molar-refractivity contribution is 0.163. The molecule has 0 heterocycles. The minimum absolute atomic E-state index is 0.145. The van der Waals surface area contributed by atoms with Gasteiger partial charge in [0, 0.05) is 19.6 Å². The van der Waals surface area contributed by atoms with Crippen LogP contribution in [0, 0.1) is 0 Å². The SMILES string of the molecule is OCCN(CCOc1cccc(C=Cc2ccccc2)c1)Cc1ccccc1. The minimum atomic E-state index is 0.145. The van der Waals surface area contributed by atoms with Crippen LogP contribution in [0.2, 0.25) is 0 Å². The van der Waals surface area contributed by atoms with E-state index in [1.165, 1.54) is 11.1 Å². The van der Waals surface area contributed by atoms with Crippen molar-refractivity contribution in [3.8, 4) is 5.75 Å². The highest BCUT2D eigenvalue weighted by atomic mass is 16.5. The first-order chi connectivity index (χ1) is 13.8. The van der Waals surface area contributed by atoms with Gasteiger partial charge in [-0.1, -0.05) is 84.9 Å². The third-order valence-electron chi connectivity index (χ3n) is 4.47. The summed E-state index contributed by atoms with van der Waals surface area (Å²) in [6, 6.07) is 28.7. The van der Waals surface area contributed by atoms with E-state index >= 15 is 0 Å². The Morgan fingerprint density at radius 3 is 2.18 bits per heavy atom. The van der Waals surface area contributed by atoms with Crippen LogP contribution < -0.4 is 4.74 Å². The summed E-state index contributed by atoms with van der Waals surface area (Å²) in [5.74, 6) is 0.860. The summed E-state index contributed by atoms with van der Waals surface area (Å²) in [6.07, 6.45) is 4.19. The van der Waals surface area contributed by atoms with Crippen molar-refractivity contribution in [1.82, 2.24) is 4.90 Å². The van der Waals surface area contributed by atoms with Gasteiger partial charge in [0.05, 0.1) is 6.61 Å². The number of rotatable bonds is 10. The third kappa shape index (κ3) is 6.69. The molecule has 3 heteroatoms. The summed E-state index contributed by atoms with van der Waals surface area (Å²) in [7, 11) is 0. The van der Waals surface area contributed by atoms with Crippen LogP contribution in [0.25, 0.3) is 12.2 Å². The van der Waals surface area contributed by atoms with Crippen molar-refractivity contribution < 1.29 is 9.84 Å². The fourth-order valence-electron chi connectivity index (χ4n) is 3.01. The number of aliphatic hydroxyl groups is 1. The van der Waals surface area contributed by atoms with E-state index in [4.69, 9.17) is 4.74 Å². The first-order valence-electron chi connectivity index (χ1n) is 9.66. The predicted octanol–water partition coefficient (Wildman–Crippen LogP) is 4.73. The molecule has 3 aromatic rings. The number of benzene rings is 3. The minimum Gasteiger partial charge on any atom is -0.492 e. The van der Waals surface area contributed by atoms with Crippen LogP contribution in [0.4, 0.5) is 0 Å². The maximum absolute atomic E-state index is 9.33. The Kier molecular flexibility index (Phi) is 7.86. The maximum Gasteiger partial charge on any atom is 0.119 e. The molecule has 0 aliphatic heterocycles. The fourth-order valence-corrected chi connectivity index (χ4v) is 3.01. The molecule has 0 atom stereocenters. The zero-order valence-corrected chi connectivity index (χ0v) is 16.1. The number of hydrogen-bond donors (Lipinski definition) is 1. The van der Waals surface area contributed by atoms with Crippen molar-refractivity contribution >= 4 is 12.2 Å². The van der Waals surface area contributed by atoms with Gasteiger partial charge < -0.3 is 9.84 Å². The molecule has 0 bridgehead atoms. The summed E-state index contributed by atoms with van der Waals surface area (Å²) < 4.78 is 5.96. The second kappa shape index (κ2) is 11.1. The zero-order chi connectivity index (χ0) is 19.4. The average Bonchev–Trinajstić information content (AvgIpc) is 2.74. The topological polar surface area (TPSA) is 32.7 Å². The molecule has 0 unspecified atom stereocenters. The van der Waals surface area contributed by atoms with Crippen molar-refractivity contribution in [1.29, 1.82) is 0 Å². The van der Waals surface area contributed by atoms with Crippen LogP contribution in [0.1, 0.15) is 16.7 Å². The molecule has 0 aromatic heterocycles. The molecule has 144 valence electrons. The van der Waals surface area contributed by atoms with Crippen LogP contribution in [-0.4, -0.2) is 36.3 Å². The Morgan fingerprint density at radius 1 is 0.750 bits per heavy atom. The molecule has 3 nitrogen and oxygen atoms in total. The van der Waals surface area contributed by atoms with E-state index in [1.807, 2.05) is 54.6 Å². The van der Waals surface area contributed by atoms with Crippen molar-refractivity contribution in [2.24, 2.45) is 0 Å². The molecule has 1 N–H and O–H groups in total. The molecule has 0 aliphatic carbocycles. The first-order valence-corrected chi connectivity index (χ1v) is 9.66. The second-order valence-corrected chi connectivity index (χ2v) is 6.65. The zero-order valence-electron chi connectivity index (χ0n) is 16.1. The van der Waals surface area contributed by atoms with E-state index in [1.54, 1.807) is 0 Å². The van der Waals surface area contributed by atoms with Crippen LogP contribution >= 0.6 is 0 Å². The van der Waals surface area contributed by atoms with E-state index < -0.39 is 0 Å². The molecule has 0 amide bonds. The Morgan fingerprint density at radius 2 is 1.43 bits per heavy atom. The highest BCUT2D eigenvalue weighted by molar-refractivity contribution is 5.70. The summed E-state index contributed by atoms with van der Waals surface area (Å²) >= 11 is 0. The highest BCUT2D eigenvalue weighted by Crippen LogP contribution is 2.16. The number of aliphatic hydroxyl groups excluding tert-OH is 1. The van der Waals surface area contributed by atoms with Gasteiger partial charge in [-0.3, -0.25) is 4.90 Å². The molecular formula is C25H27NO2. The smallest absolute Gasteiger partial charge is 0.119 e. The number of ether oxygens (including phenoxy) is 1. The third-order valence-corrected chi connectivity index (χ3v) is 4.47. The number of hydrogen-bond acceptors (Lipinski definition) is 3. The van der Waals surface area contributed by atoms with Crippen LogP contribution in [0.3, 0.4) is 0 Å². The monoisotopic (exact) mass is 373 g/mol. The van der Waals surface area contributed by atoms with Gasteiger partial charge >= 0.3 is 0 Å². The van der Waals surface area contributed by atoms with Crippen LogP contribution in [0.5, 0.6) is 5.75 Å². The molecule has 0 saturated carbocycles. The molecule has 28 heavy (non-hydrogen) atoms. The van der Waals surface area contributed by atoms with E-state index in [9.17, 15) is 5.11 Å². The van der Waals surface area contributed by atoms with Gasteiger partial charge in [-0.2, -0.15) is 0 Å². The molecule has 0 spiro atoms. The van der Waals surface area contributed by atoms with Crippen LogP contribution in [0.15, 0.2) is 84.9 Å². The molecule has 0 radical (unpaired) electrons. The summed E-state index contributed by atoms with van der Waals surface area (Å²) in [5.41, 5.74) is 3.52. The van der Waals surface area contributed by atoms with E-state index in [2.05, 4.69) is 47.4 Å². The molecule has 0 saturated heterocycles. The standard InChI is InChI=1S/C25H27NO2/c27-18-16-26(21-24-10-5-2-6-11-24)17-19-28-25-13-7-12-23(20-25)15-14-22-8-3-1-4-9-22/h1-15,20,27H,16-19,21H2. The quantitative estimate of drug-likeness (QED) is 0.522. The molecule has 0 aliphatic rings. The average molecular weight is 373 g/mol. The summed E-state index contributed by atoms with van der Waals surface area (Å²) in [4.78, 5) is 2.20. The lowest BCUT2D eigenvalue weighted by atomic mass is 10.1. The molecular weight excluding hydrogens is 346 g/mol. The lowest BCUT2D eigenvalue weighted by Gasteiger charge is -2.21.